The van der Waals surface area contributed by atoms with Gasteiger partial charge in [-0.15, -0.1) is 0 Å². The third-order valence-electron chi connectivity index (χ3n) is 3.84. The number of hydrogen-bond acceptors (Lipinski definition) is 4. The van der Waals surface area contributed by atoms with Crippen LogP contribution in [-0.2, 0) is 10.0 Å². The highest BCUT2D eigenvalue weighted by molar-refractivity contribution is 7.93. The lowest BCUT2D eigenvalue weighted by atomic mass is 10.1. The molecule has 3 aromatic carbocycles. The van der Waals surface area contributed by atoms with E-state index in [2.05, 4.69) is 4.72 Å². The highest BCUT2D eigenvalue weighted by Crippen LogP contribution is 2.34. The van der Waals surface area contributed by atoms with Gasteiger partial charge < -0.3 is 9.47 Å². The second-order valence-electron chi connectivity index (χ2n) is 5.49. The van der Waals surface area contributed by atoms with Gasteiger partial charge in [0.2, 0.25) is 0 Å². The summed E-state index contributed by atoms with van der Waals surface area (Å²) in [6.45, 7) is 2.38. The number of methoxy groups -OCH3 is 1. The summed E-state index contributed by atoms with van der Waals surface area (Å²) < 4.78 is 39.4. The summed E-state index contributed by atoms with van der Waals surface area (Å²) in [5, 5.41) is 1.71. The van der Waals surface area contributed by atoms with E-state index in [1.807, 2.05) is 19.1 Å². The normalized spacial score (nSPS) is 11.3. The Morgan fingerprint density at radius 2 is 1.69 bits per heavy atom. The Kier molecular flexibility index (Phi) is 5.25. The number of sulfonamides is 1. The van der Waals surface area contributed by atoms with Crippen LogP contribution in [-0.4, -0.2) is 22.1 Å². The summed E-state index contributed by atoms with van der Waals surface area (Å²) in [5.41, 5.74) is 0.276. The lowest BCUT2D eigenvalue weighted by molar-refractivity contribution is 0.344. The predicted molar refractivity (Wildman–Crippen MR) is 104 cm³/mol. The SMILES string of the molecule is CCOc1ccc(S(=O)(=O)Nc2cc(Cl)ccc2OC)c2ccccc12. The molecule has 0 unspecified atom stereocenters. The molecule has 0 bridgehead atoms. The van der Waals surface area contributed by atoms with E-state index < -0.39 is 10.0 Å². The molecule has 3 rings (SSSR count). The molecule has 0 atom stereocenters. The number of ether oxygens (including phenoxy) is 2. The quantitative estimate of drug-likeness (QED) is 0.661. The summed E-state index contributed by atoms with van der Waals surface area (Å²) in [7, 11) is -2.40. The van der Waals surface area contributed by atoms with E-state index in [0.29, 0.717) is 28.5 Å². The molecule has 0 aliphatic carbocycles. The van der Waals surface area contributed by atoms with Crippen molar-refractivity contribution in [1.29, 1.82) is 0 Å². The van der Waals surface area contributed by atoms with Crippen LogP contribution in [0.15, 0.2) is 59.5 Å². The van der Waals surface area contributed by atoms with Gasteiger partial charge in [0.25, 0.3) is 10.0 Å². The smallest absolute Gasteiger partial charge is 0.262 e. The summed E-state index contributed by atoms with van der Waals surface area (Å²) in [6, 6.07) is 15.2. The Hall–Kier alpha value is -2.44. The van der Waals surface area contributed by atoms with Gasteiger partial charge in [-0.25, -0.2) is 8.42 Å². The molecule has 0 aliphatic heterocycles. The van der Waals surface area contributed by atoms with Crippen molar-refractivity contribution in [2.45, 2.75) is 11.8 Å². The topological polar surface area (TPSA) is 64.6 Å². The maximum absolute atomic E-state index is 13.0. The molecule has 0 saturated heterocycles. The Balaban J connectivity index is 2.11. The van der Waals surface area contributed by atoms with Crippen LogP contribution in [0.4, 0.5) is 5.69 Å². The zero-order valence-corrected chi connectivity index (χ0v) is 15.9. The van der Waals surface area contributed by atoms with Gasteiger partial charge in [0.1, 0.15) is 11.5 Å². The van der Waals surface area contributed by atoms with Crippen molar-refractivity contribution < 1.29 is 17.9 Å². The van der Waals surface area contributed by atoms with Crippen LogP contribution in [0.1, 0.15) is 6.92 Å². The first-order valence-electron chi connectivity index (χ1n) is 7.97. The average molecular weight is 392 g/mol. The predicted octanol–water partition coefficient (Wildman–Crippen LogP) is 4.70. The van der Waals surface area contributed by atoms with E-state index in [0.717, 1.165) is 5.39 Å². The summed E-state index contributed by atoms with van der Waals surface area (Å²) in [5.74, 6) is 1.02. The van der Waals surface area contributed by atoms with Crippen molar-refractivity contribution in [1.82, 2.24) is 0 Å². The number of fused-ring (bicyclic) bond motifs is 1. The van der Waals surface area contributed by atoms with Gasteiger partial charge in [0, 0.05) is 15.8 Å². The molecule has 1 N–H and O–H groups in total. The number of anilines is 1. The van der Waals surface area contributed by atoms with Crippen LogP contribution in [0.25, 0.3) is 10.8 Å². The van der Waals surface area contributed by atoms with Crippen LogP contribution in [0, 0.1) is 0 Å². The largest absolute Gasteiger partial charge is 0.495 e. The van der Waals surface area contributed by atoms with Crippen molar-refractivity contribution in [3.63, 3.8) is 0 Å². The van der Waals surface area contributed by atoms with Crippen LogP contribution in [0.5, 0.6) is 11.5 Å². The van der Waals surface area contributed by atoms with E-state index in [1.54, 1.807) is 30.3 Å². The third-order valence-corrected chi connectivity index (χ3v) is 5.50. The highest BCUT2D eigenvalue weighted by Gasteiger charge is 2.21. The standard InChI is InChI=1S/C19H18ClNO4S/c1-3-25-17-10-11-19(15-7-5-4-6-14(15)17)26(22,23)21-16-12-13(20)8-9-18(16)24-2/h4-12,21H,3H2,1-2H3. The number of hydrogen-bond donors (Lipinski definition) is 1. The molecule has 0 spiro atoms. The van der Waals surface area contributed by atoms with Crippen molar-refractivity contribution in [2.75, 3.05) is 18.4 Å². The number of nitrogens with one attached hydrogen (secondary N) is 1. The molecule has 0 aliphatic rings. The minimum atomic E-state index is -3.87. The Bertz CT molecular complexity index is 1050. The van der Waals surface area contributed by atoms with Gasteiger partial charge in [0.05, 0.1) is 24.3 Å². The molecule has 26 heavy (non-hydrogen) atoms. The van der Waals surface area contributed by atoms with E-state index in [4.69, 9.17) is 21.1 Å². The Morgan fingerprint density at radius 1 is 1.00 bits per heavy atom. The van der Waals surface area contributed by atoms with Crippen molar-refractivity contribution in [2.24, 2.45) is 0 Å². The zero-order valence-electron chi connectivity index (χ0n) is 14.3. The maximum Gasteiger partial charge on any atom is 0.262 e. The summed E-state index contributed by atoms with van der Waals surface area (Å²) in [4.78, 5) is 0.151. The van der Waals surface area contributed by atoms with E-state index >= 15 is 0 Å². The second kappa shape index (κ2) is 7.43. The fourth-order valence-corrected chi connectivity index (χ4v) is 4.16. The minimum absolute atomic E-state index is 0.151. The fourth-order valence-electron chi connectivity index (χ4n) is 2.72. The van der Waals surface area contributed by atoms with Gasteiger partial charge in [-0.3, -0.25) is 4.72 Å². The van der Waals surface area contributed by atoms with Crippen molar-refractivity contribution in [3.8, 4) is 11.5 Å². The molecule has 0 heterocycles. The molecule has 0 fully saturated rings. The average Bonchev–Trinajstić information content (AvgIpc) is 2.62. The lowest BCUT2D eigenvalue weighted by Gasteiger charge is -2.15. The molecule has 0 radical (unpaired) electrons. The van der Waals surface area contributed by atoms with Gasteiger partial charge in [-0.2, -0.15) is 0 Å². The fraction of sp³-hybridized carbons (Fsp3) is 0.158. The summed E-state index contributed by atoms with van der Waals surface area (Å²) in [6.07, 6.45) is 0. The number of rotatable bonds is 6. The van der Waals surface area contributed by atoms with E-state index in [-0.39, 0.29) is 10.6 Å². The summed E-state index contributed by atoms with van der Waals surface area (Å²) >= 11 is 5.99. The highest BCUT2D eigenvalue weighted by atomic mass is 35.5. The van der Waals surface area contributed by atoms with Gasteiger partial charge >= 0.3 is 0 Å². The molecule has 3 aromatic rings. The van der Waals surface area contributed by atoms with Crippen molar-refractivity contribution >= 4 is 38.1 Å². The van der Waals surface area contributed by atoms with Gasteiger partial charge in [-0.05, 0) is 37.3 Å². The molecule has 0 saturated carbocycles. The van der Waals surface area contributed by atoms with Crippen molar-refractivity contribution in [3.05, 3.63) is 59.6 Å². The van der Waals surface area contributed by atoms with Gasteiger partial charge in [0.15, 0.2) is 0 Å². The molecular weight excluding hydrogens is 374 g/mol. The Morgan fingerprint density at radius 3 is 2.38 bits per heavy atom. The molecule has 0 amide bonds. The van der Waals surface area contributed by atoms with Crippen LogP contribution in [0.2, 0.25) is 5.02 Å². The van der Waals surface area contributed by atoms with E-state index in [9.17, 15) is 8.42 Å². The zero-order chi connectivity index (χ0) is 18.7. The number of halogens is 1. The number of benzene rings is 3. The third kappa shape index (κ3) is 3.57. The molecule has 136 valence electrons. The van der Waals surface area contributed by atoms with Gasteiger partial charge in [-0.1, -0.05) is 35.9 Å². The van der Waals surface area contributed by atoms with Crippen LogP contribution in [0.3, 0.4) is 0 Å². The first-order valence-corrected chi connectivity index (χ1v) is 9.83. The first kappa shape index (κ1) is 18.4. The Labute approximate surface area is 157 Å². The minimum Gasteiger partial charge on any atom is -0.495 e. The molecular formula is C19H18ClNO4S. The van der Waals surface area contributed by atoms with Crippen LogP contribution >= 0.6 is 11.6 Å². The molecule has 5 nitrogen and oxygen atoms in total. The van der Waals surface area contributed by atoms with E-state index in [1.165, 1.54) is 19.2 Å². The lowest BCUT2D eigenvalue weighted by Crippen LogP contribution is -2.14. The molecule has 7 heteroatoms. The molecule has 0 aromatic heterocycles. The second-order valence-corrected chi connectivity index (χ2v) is 7.58. The first-order chi connectivity index (χ1) is 12.5. The maximum atomic E-state index is 13.0. The van der Waals surface area contributed by atoms with Crippen LogP contribution < -0.4 is 14.2 Å². The monoisotopic (exact) mass is 391 g/mol.